The zero-order valence-corrected chi connectivity index (χ0v) is 19.5. The molecule has 0 aliphatic rings. The van der Waals surface area contributed by atoms with Crippen LogP contribution < -0.4 is 5.32 Å². The van der Waals surface area contributed by atoms with E-state index in [1.807, 2.05) is 25.1 Å². The molecule has 1 aromatic carbocycles. The van der Waals surface area contributed by atoms with Gasteiger partial charge in [-0.1, -0.05) is 24.8 Å². The van der Waals surface area contributed by atoms with Crippen molar-refractivity contribution in [2.24, 2.45) is 0 Å². The molecule has 3 aromatic rings. The number of thiophene rings is 1. The molecule has 0 atom stereocenters. The summed E-state index contributed by atoms with van der Waals surface area (Å²) in [5, 5.41) is 14.8. The van der Waals surface area contributed by atoms with Crippen LogP contribution in [0.3, 0.4) is 0 Å². The van der Waals surface area contributed by atoms with Gasteiger partial charge in [0.05, 0.1) is 5.75 Å². The lowest BCUT2D eigenvalue weighted by Gasteiger charge is -2.14. The SMILES string of the molecule is CCc1c(-c2nnc(SCC(=O)Nc3ccc(C)c(C)c3)n2C(C)C)csc1C. The van der Waals surface area contributed by atoms with Crippen molar-refractivity contribution >= 4 is 34.7 Å². The molecule has 2 heterocycles. The third-order valence-corrected chi connectivity index (χ3v) is 6.90. The molecular weight excluding hydrogens is 400 g/mol. The van der Waals surface area contributed by atoms with Crippen LogP contribution in [-0.2, 0) is 11.2 Å². The number of nitrogens with zero attached hydrogens (tertiary/aromatic N) is 3. The number of carbonyl (C=O) groups excluding carboxylic acids is 1. The van der Waals surface area contributed by atoms with Crippen molar-refractivity contribution in [2.75, 3.05) is 11.1 Å². The minimum atomic E-state index is -0.0428. The smallest absolute Gasteiger partial charge is 0.234 e. The number of nitrogens with one attached hydrogen (secondary N) is 1. The second kappa shape index (κ2) is 9.13. The van der Waals surface area contributed by atoms with Gasteiger partial charge >= 0.3 is 0 Å². The van der Waals surface area contributed by atoms with E-state index in [2.05, 4.69) is 60.1 Å². The van der Waals surface area contributed by atoms with Crippen molar-refractivity contribution in [3.63, 3.8) is 0 Å². The Balaban J connectivity index is 1.76. The first-order valence-corrected chi connectivity index (χ1v) is 11.7. The maximum Gasteiger partial charge on any atom is 0.234 e. The Morgan fingerprint density at radius 2 is 1.97 bits per heavy atom. The van der Waals surface area contributed by atoms with E-state index in [-0.39, 0.29) is 11.9 Å². The molecule has 29 heavy (non-hydrogen) atoms. The predicted octanol–water partition coefficient (Wildman–Crippen LogP) is 5.81. The minimum Gasteiger partial charge on any atom is -0.325 e. The molecule has 0 saturated heterocycles. The summed E-state index contributed by atoms with van der Waals surface area (Å²) in [6, 6.07) is 6.16. The van der Waals surface area contributed by atoms with Gasteiger partial charge in [-0.05, 0) is 69.9 Å². The van der Waals surface area contributed by atoms with E-state index in [9.17, 15) is 4.79 Å². The van der Waals surface area contributed by atoms with Crippen LogP contribution in [0, 0.1) is 20.8 Å². The maximum atomic E-state index is 12.5. The topological polar surface area (TPSA) is 59.8 Å². The summed E-state index contributed by atoms with van der Waals surface area (Å²) in [5.41, 5.74) is 5.68. The number of aromatic nitrogens is 3. The lowest BCUT2D eigenvalue weighted by molar-refractivity contribution is -0.113. The van der Waals surface area contributed by atoms with Crippen molar-refractivity contribution in [3.8, 4) is 11.4 Å². The lowest BCUT2D eigenvalue weighted by atomic mass is 10.1. The van der Waals surface area contributed by atoms with Gasteiger partial charge in [0.15, 0.2) is 11.0 Å². The molecule has 7 heteroatoms. The molecule has 0 radical (unpaired) electrons. The summed E-state index contributed by atoms with van der Waals surface area (Å²) in [5.74, 6) is 1.14. The Morgan fingerprint density at radius 3 is 2.62 bits per heavy atom. The average molecular weight is 429 g/mol. The van der Waals surface area contributed by atoms with Crippen molar-refractivity contribution in [3.05, 3.63) is 45.1 Å². The Kier molecular flexibility index (Phi) is 6.80. The fourth-order valence-corrected chi connectivity index (χ4v) is 5.08. The number of benzene rings is 1. The number of anilines is 1. The van der Waals surface area contributed by atoms with Gasteiger partial charge in [-0.3, -0.25) is 9.36 Å². The van der Waals surface area contributed by atoms with Crippen LogP contribution in [-0.4, -0.2) is 26.4 Å². The van der Waals surface area contributed by atoms with E-state index in [0.717, 1.165) is 34.2 Å². The molecule has 0 aliphatic carbocycles. The highest BCUT2D eigenvalue weighted by Gasteiger charge is 2.21. The Hall–Kier alpha value is -2.12. The van der Waals surface area contributed by atoms with E-state index in [1.165, 1.54) is 27.8 Å². The quantitative estimate of drug-likeness (QED) is 0.483. The first kappa shape index (κ1) is 21.6. The molecule has 3 rings (SSSR count). The molecule has 0 aliphatic heterocycles. The fourth-order valence-electron chi connectivity index (χ4n) is 3.28. The van der Waals surface area contributed by atoms with E-state index in [4.69, 9.17) is 0 Å². The van der Waals surface area contributed by atoms with Gasteiger partial charge in [0.1, 0.15) is 0 Å². The molecule has 1 N–H and O–H groups in total. The Labute approximate surface area is 180 Å². The summed E-state index contributed by atoms with van der Waals surface area (Å²) < 4.78 is 2.13. The van der Waals surface area contributed by atoms with E-state index < -0.39 is 0 Å². The number of rotatable bonds is 7. The molecule has 0 unspecified atom stereocenters. The molecule has 0 fully saturated rings. The van der Waals surface area contributed by atoms with Crippen LogP contribution in [0.15, 0.2) is 28.7 Å². The second-order valence-corrected chi connectivity index (χ2v) is 9.47. The van der Waals surface area contributed by atoms with Crippen LogP contribution >= 0.6 is 23.1 Å². The van der Waals surface area contributed by atoms with E-state index in [0.29, 0.717) is 5.75 Å². The largest absolute Gasteiger partial charge is 0.325 e. The molecule has 0 saturated carbocycles. The first-order valence-electron chi connectivity index (χ1n) is 9.83. The van der Waals surface area contributed by atoms with Crippen molar-refractivity contribution < 1.29 is 4.79 Å². The maximum absolute atomic E-state index is 12.5. The standard InChI is InChI=1S/C22H28N4OS2/c1-7-18-16(6)28-11-19(18)21-24-25-22(26(21)13(2)3)29-12-20(27)23-17-9-8-14(4)15(5)10-17/h8-11,13H,7,12H2,1-6H3,(H,23,27). The highest BCUT2D eigenvalue weighted by atomic mass is 32.2. The Morgan fingerprint density at radius 1 is 1.21 bits per heavy atom. The van der Waals surface area contributed by atoms with Gasteiger partial charge < -0.3 is 5.32 Å². The molecule has 2 aromatic heterocycles. The summed E-state index contributed by atoms with van der Waals surface area (Å²) in [7, 11) is 0. The van der Waals surface area contributed by atoms with Gasteiger partial charge in [0.25, 0.3) is 0 Å². The van der Waals surface area contributed by atoms with Crippen LogP contribution in [0.2, 0.25) is 0 Å². The molecule has 0 spiro atoms. The van der Waals surface area contributed by atoms with Crippen molar-refractivity contribution in [2.45, 2.75) is 59.2 Å². The van der Waals surface area contributed by atoms with Gasteiger partial charge in [0.2, 0.25) is 5.91 Å². The molecular formula is C22H28N4OS2. The van der Waals surface area contributed by atoms with Crippen LogP contribution in [0.5, 0.6) is 0 Å². The second-order valence-electron chi connectivity index (χ2n) is 7.44. The third kappa shape index (κ3) is 4.73. The van der Waals surface area contributed by atoms with Gasteiger partial charge in [-0.2, -0.15) is 0 Å². The number of hydrogen-bond donors (Lipinski definition) is 1. The number of hydrogen-bond acceptors (Lipinski definition) is 5. The zero-order valence-electron chi connectivity index (χ0n) is 17.9. The van der Waals surface area contributed by atoms with Gasteiger partial charge in [-0.15, -0.1) is 21.5 Å². The zero-order chi connectivity index (χ0) is 21.1. The molecule has 0 bridgehead atoms. The number of aryl methyl sites for hydroxylation is 3. The number of thioether (sulfide) groups is 1. The van der Waals surface area contributed by atoms with Gasteiger partial charge in [-0.25, -0.2) is 0 Å². The van der Waals surface area contributed by atoms with E-state index >= 15 is 0 Å². The summed E-state index contributed by atoms with van der Waals surface area (Å²) in [6.07, 6.45) is 0.969. The Bertz CT molecular complexity index is 1020. The number of amides is 1. The van der Waals surface area contributed by atoms with Crippen LogP contribution in [0.1, 0.15) is 48.4 Å². The van der Waals surface area contributed by atoms with Gasteiger partial charge in [0, 0.05) is 27.5 Å². The summed E-state index contributed by atoms with van der Waals surface area (Å²) >= 11 is 3.18. The predicted molar refractivity (Wildman–Crippen MR) is 123 cm³/mol. The van der Waals surface area contributed by atoms with Crippen LogP contribution in [0.4, 0.5) is 5.69 Å². The monoisotopic (exact) mass is 428 g/mol. The van der Waals surface area contributed by atoms with Crippen molar-refractivity contribution in [1.82, 2.24) is 14.8 Å². The normalized spacial score (nSPS) is 11.3. The first-order chi connectivity index (χ1) is 13.8. The van der Waals surface area contributed by atoms with E-state index in [1.54, 1.807) is 11.3 Å². The highest BCUT2D eigenvalue weighted by molar-refractivity contribution is 7.99. The third-order valence-electron chi connectivity index (χ3n) is 5.00. The fraction of sp³-hybridized carbons (Fsp3) is 0.409. The van der Waals surface area contributed by atoms with Crippen molar-refractivity contribution in [1.29, 1.82) is 0 Å². The number of carbonyl (C=O) groups is 1. The average Bonchev–Trinajstić information content (AvgIpc) is 3.25. The van der Waals surface area contributed by atoms with Crippen LogP contribution in [0.25, 0.3) is 11.4 Å². The molecule has 5 nitrogen and oxygen atoms in total. The lowest BCUT2D eigenvalue weighted by Crippen LogP contribution is -2.15. The highest BCUT2D eigenvalue weighted by Crippen LogP contribution is 2.34. The summed E-state index contributed by atoms with van der Waals surface area (Å²) in [6.45, 7) is 12.7. The molecule has 1 amide bonds. The molecule has 154 valence electrons. The summed E-state index contributed by atoms with van der Waals surface area (Å²) in [4.78, 5) is 13.8. The minimum absolute atomic E-state index is 0.0428.